The van der Waals surface area contributed by atoms with Gasteiger partial charge in [0.1, 0.15) is 11.6 Å². The van der Waals surface area contributed by atoms with Crippen LogP contribution < -0.4 is 10.1 Å². The molecule has 8 heteroatoms. The Bertz CT molecular complexity index is 1170. The molecule has 0 fully saturated rings. The van der Waals surface area contributed by atoms with Crippen molar-refractivity contribution in [3.05, 3.63) is 99.9 Å². The molecule has 3 rings (SSSR count). The number of nitriles is 1. The van der Waals surface area contributed by atoms with Crippen LogP contribution in [0.2, 0.25) is 0 Å². The molecule has 0 saturated heterocycles. The highest BCUT2D eigenvalue weighted by atomic mass is 19.1. The molecule has 0 heterocycles. The summed E-state index contributed by atoms with van der Waals surface area (Å²) in [4.78, 5) is 22.2. The summed E-state index contributed by atoms with van der Waals surface area (Å²) in [6.07, 6.45) is 1.63. The van der Waals surface area contributed by atoms with Crippen molar-refractivity contribution in [2.24, 2.45) is 0 Å². The second kappa shape index (κ2) is 9.80. The minimum Gasteiger partial charge on any atom is -0.484 e. The predicted octanol–water partition coefficient (Wildman–Crippen LogP) is 4.82. The van der Waals surface area contributed by atoms with E-state index in [1.54, 1.807) is 36.4 Å². The Morgan fingerprint density at radius 1 is 1.10 bits per heavy atom. The average molecular weight is 417 g/mol. The van der Waals surface area contributed by atoms with Gasteiger partial charge in [0.15, 0.2) is 6.61 Å². The van der Waals surface area contributed by atoms with Gasteiger partial charge >= 0.3 is 0 Å². The second-order valence-electron chi connectivity index (χ2n) is 6.36. The van der Waals surface area contributed by atoms with Crippen LogP contribution in [0.15, 0.2) is 72.8 Å². The summed E-state index contributed by atoms with van der Waals surface area (Å²) < 4.78 is 19.0. The van der Waals surface area contributed by atoms with E-state index in [2.05, 4.69) is 11.4 Å². The summed E-state index contributed by atoms with van der Waals surface area (Å²) in [5, 5.41) is 22.6. The Labute approximate surface area is 177 Å². The van der Waals surface area contributed by atoms with E-state index in [4.69, 9.17) is 4.74 Å². The summed E-state index contributed by atoms with van der Waals surface area (Å²) in [6.45, 7) is -0.296. The van der Waals surface area contributed by atoms with Crippen molar-refractivity contribution in [2.45, 2.75) is 0 Å². The Morgan fingerprint density at radius 2 is 1.77 bits per heavy atom. The predicted molar refractivity (Wildman–Crippen MR) is 114 cm³/mol. The van der Waals surface area contributed by atoms with Crippen LogP contribution in [0, 0.1) is 27.3 Å². The van der Waals surface area contributed by atoms with Crippen molar-refractivity contribution in [3.8, 4) is 11.8 Å². The molecule has 1 amide bonds. The van der Waals surface area contributed by atoms with Crippen molar-refractivity contribution < 1.29 is 18.8 Å². The number of ether oxygens (including phenoxy) is 1. The van der Waals surface area contributed by atoms with Crippen LogP contribution in [0.25, 0.3) is 11.6 Å². The number of allylic oxidation sites excluding steroid dienone is 1. The van der Waals surface area contributed by atoms with E-state index in [-0.39, 0.29) is 18.0 Å². The normalized spacial score (nSPS) is 10.8. The maximum absolute atomic E-state index is 13.6. The van der Waals surface area contributed by atoms with Crippen molar-refractivity contribution in [1.29, 1.82) is 5.26 Å². The third-order valence-electron chi connectivity index (χ3n) is 4.22. The Balaban J connectivity index is 1.62. The summed E-state index contributed by atoms with van der Waals surface area (Å²) >= 11 is 0. The third kappa shape index (κ3) is 5.74. The number of hydrogen-bond donors (Lipinski definition) is 1. The van der Waals surface area contributed by atoms with Crippen LogP contribution in [0.5, 0.6) is 5.75 Å². The van der Waals surface area contributed by atoms with Crippen LogP contribution in [0.3, 0.4) is 0 Å². The van der Waals surface area contributed by atoms with Gasteiger partial charge in [-0.15, -0.1) is 0 Å². The van der Waals surface area contributed by atoms with Gasteiger partial charge in [-0.1, -0.05) is 24.3 Å². The lowest BCUT2D eigenvalue weighted by molar-refractivity contribution is -0.384. The van der Waals surface area contributed by atoms with Gasteiger partial charge in [0, 0.05) is 12.1 Å². The quantitative estimate of drug-likeness (QED) is 0.257. The van der Waals surface area contributed by atoms with E-state index in [1.807, 2.05) is 0 Å². The molecule has 0 bridgehead atoms. The summed E-state index contributed by atoms with van der Waals surface area (Å²) in [6, 6.07) is 20.3. The van der Waals surface area contributed by atoms with Gasteiger partial charge in [-0.05, 0) is 53.6 Å². The van der Waals surface area contributed by atoms with Crippen LogP contribution in [0.1, 0.15) is 11.1 Å². The number of hydrogen-bond acceptors (Lipinski definition) is 5. The lowest BCUT2D eigenvalue weighted by atomic mass is 10.0. The molecule has 7 nitrogen and oxygen atoms in total. The number of non-ortho nitro benzene ring substituents is 1. The Morgan fingerprint density at radius 3 is 2.39 bits per heavy atom. The van der Waals surface area contributed by atoms with E-state index in [0.717, 1.165) is 0 Å². The number of rotatable bonds is 7. The molecule has 0 aliphatic heterocycles. The van der Waals surface area contributed by atoms with E-state index in [9.17, 15) is 24.6 Å². The Kier molecular flexibility index (Phi) is 6.71. The standard InChI is InChI=1S/C23H16FN3O4/c24-21-3-1-2-4-22(21)26-23(28)15-31-20-11-5-16(6-12-20)13-18(14-25)17-7-9-19(10-8-17)27(29)30/h1-13H,15H2,(H,26,28)/b18-13+. The Hall–Kier alpha value is -4.51. The molecule has 154 valence electrons. The zero-order valence-electron chi connectivity index (χ0n) is 16.1. The highest BCUT2D eigenvalue weighted by Gasteiger charge is 2.08. The van der Waals surface area contributed by atoms with Crippen molar-refractivity contribution in [2.75, 3.05) is 11.9 Å². The molecule has 3 aromatic rings. The number of nitrogens with one attached hydrogen (secondary N) is 1. The fourth-order valence-corrected chi connectivity index (χ4v) is 2.67. The van der Waals surface area contributed by atoms with Gasteiger partial charge in [0.05, 0.1) is 22.3 Å². The van der Waals surface area contributed by atoms with Crippen LogP contribution >= 0.6 is 0 Å². The lowest BCUT2D eigenvalue weighted by Gasteiger charge is -2.08. The SMILES string of the molecule is N#C/C(=C\c1ccc(OCC(=O)Nc2ccccc2F)cc1)c1ccc([N+](=O)[O-])cc1. The third-order valence-corrected chi connectivity index (χ3v) is 4.22. The molecule has 3 aromatic carbocycles. The minimum atomic E-state index is -0.534. The molecule has 0 aliphatic carbocycles. The highest BCUT2D eigenvalue weighted by molar-refractivity contribution is 5.92. The lowest BCUT2D eigenvalue weighted by Crippen LogP contribution is -2.20. The smallest absolute Gasteiger partial charge is 0.269 e. The molecular weight excluding hydrogens is 401 g/mol. The first-order valence-electron chi connectivity index (χ1n) is 9.10. The van der Waals surface area contributed by atoms with Gasteiger partial charge in [-0.3, -0.25) is 14.9 Å². The van der Waals surface area contributed by atoms with Gasteiger partial charge < -0.3 is 10.1 Å². The number of carbonyl (C=O) groups excluding carboxylic acids is 1. The second-order valence-corrected chi connectivity index (χ2v) is 6.36. The van der Waals surface area contributed by atoms with Gasteiger partial charge in [0.25, 0.3) is 11.6 Å². The molecule has 0 aliphatic rings. The first kappa shape index (κ1) is 21.2. The first-order chi connectivity index (χ1) is 15.0. The topological polar surface area (TPSA) is 105 Å². The van der Waals surface area contributed by atoms with Crippen LogP contribution in [-0.4, -0.2) is 17.4 Å². The zero-order chi connectivity index (χ0) is 22.2. The van der Waals surface area contributed by atoms with Crippen LogP contribution in [-0.2, 0) is 4.79 Å². The molecule has 0 spiro atoms. The number of nitro benzene ring substituents is 1. The summed E-state index contributed by atoms with van der Waals surface area (Å²) in [5.74, 6) is -0.609. The summed E-state index contributed by atoms with van der Waals surface area (Å²) in [5.41, 5.74) is 1.62. The van der Waals surface area contributed by atoms with Crippen molar-refractivity contribution in [1.82, 2.24) is 0 Å². The minimum absolute atomic E-state index is 0.0541. The van der Waals surface area contributed by atoms with Crippen molar-refractivity contribution >= 4 is 28.9 Å². The summed E-state index contributed by atoms with van der Waals surface area (Å²) in [7, 11) is 0. The van der Waals surface area contributed by atoms with Gasteiger partial charge in [0.2, 0.25) is 0 Å². The van der Waals surface area contributed by atoms with E-state index < -0.39 is 16.6 Å². The molecule has 31 heavy (non-hydrogen) atoms. The van der Waals surface area contributed by atoms with Crippen molar-refractivity contribution in [3.63, 3.8) is 0 Å². The highest BCUT2D eigenvalue weighted by Crippen LogP contribution is 2.22. The number of halogens is 1. The fourth-order valence-electron chi connectivity index (χ4n) is 2.67. The molecule has 0 atom stereocenters. The number of amides is 1. The fraction of sp³-hybridized carbons (Fsp3) is 0.0435. The number of nitrogens with zero attached hydrogens (tertiary/aromatic N) is 2. The largest absolute Gasteiger partial charge is 0.484 e. The van der Waals surface area contributed by atoms with Gasteiger partial charge in [-0.25, -0.2) is 4.39 Å². The van der Waals surface area contributed by atoms with E-state index in [1.165, 1.54) is 42.5 Å². The van der Waals surface area contributed by atoms with Gasteiger partial charge in [-0.2, -0.15) is 5.26 Å². The molecule has 0 saturated carbocycles. The zero-order valence-corrected chi connectivity index (χ0v) is 16.1. The van der Waals surface area contributed by atoms with E-state index in [0.29, 0.717) is 22.4 Å². The van der Waals surface area contributed by atoms with Crippen LogP contribution in [0.4, 0.5) is 15.8 Å². The average Bonchev–Trinajstić information content (AvgIpc) is 2.78. The number of nitro groups is 1. The number of benzene rings is 3. The number of carbonyl (C=O) groups is 1. The monoisotopic (exact) mass is 417 g/mol. The molecule has 1 N–H and O–H groups in total. The first-order valence-corrected chi connectivity index (χ1v) is 9.10. The number of anilines is 1. The number of para-hydroxylation sites is 1. The maximum Gasteiger partial charge on any atom is 0.269 e. The molecule has 0 radical (unpaired) electrons. The molecule has 0 aromatic heterocycles. The van der Waals surface area contributed by atoms with E-state index >= 15 is 0 Å². The maximum atomic E-state index is 13.6. The molecular formula is C23H16FN3O4. The molecule has 0 unspecified atom stereocenters.